The highest BCUT2D eigenvalue weighted by molar-refractivity contribution is 7.89. The normalized spacial score (nSPS) is 11.7. The first kappa shape index (κ1) is 23.7. The van der Waals surface area contributed by atoms with Crippen LogP contribution in [0, 0.1) is 26.6 Å². The van der Waals surface area contributed by atoms with Crippen LogP contribution in [-0.2, 0) is 27.8 Å². The molecule has 3 aromatic rings. The van der Waals surface area contributed by atoms with Gasteiger partial charge in [-0.3, -0.25) is 0 Å². The van der Waals surface area contributed by atoms with Crippen LogP contribution in [0.1, 0.15) is 45.4 Å². The van der Waals surface area contributed by atoms with Crippen LogP contribution in [0.25, 0.3) is 0 Å². The molecule has 0 fully saturated rings. The molecule has 170 valence electrons. The maximum Gasteiger partial charge on any atom is 0.355 e. The maximum absolute atomic E-state index is 14.5. The lowest BCUT2D eigenvalue weighted by atomic mass is 10.1. The predicted octanol–water partition coefficient (Wildman–Crippen LogP) is 4.65. The van der Waals surface area contributed by atoms with Gasteiger partial charge in [-0.15, -0.1) is 0 Å². The average molecular weight is 459 g/mol. The van der Waals surface area contributed by atoms with Gasteiger partial charge in [-0.2, -0.15) is 4.31 Å². The fourth-order valence-electron chi connectivity index (χ4n) is 3.53. The first-order valence-electron chi connectivity index (χ1n) is 10.3. The number of nitrogens with one attached hydrogen (secondary N) is 1. The lowest BCUT2D eigenvalue weighted by Gasteiger charge is -2.23. The Hall–Kier alpha value is -2.97. The Labute approximate surface area is 188 Å². The first-order chi connectivity index (χ1) is 15.1. The van der Waals surface area contributed by atoms with E-state index in [-0.39, 0.29) is 30.3 Å². The summed E-state index contributed by atoms with van der Waals surface area (Å²) in [5, 5.41) is 0. The van der Waals surface area contributed by atoms with E-state index in [2.05, 4.69) is 4.98 Å². The van der Waals surface area contributed by atoms with Crippen LogP contribution in [0.5, 0.6) is 0 Å². The summed E-state index contributed by atoms with van der Waals surface area (Å²) in [5.41, 5.74) is 4.03. The molecule has 0 unspecified atom stereocenters. The van der Waals surface area contributed by atoms with E-state index >= 15 is 0 Å². The predicted molar refractivity (Wildman–Crippen MR) is 120 cm³/mol. The zero-order valence-corrected chi connectivity index (χ0v) is 19.4. The summed E-state index contributed by atoms with van der Waals surface area (Å²) >= 11 is 0. The van der Waals surface area contributed by atoms with E-state index in [1.54, 1.807) is 20.8 Å². The number of nitrogens with zero attached hydrogens (tertiary/aromatic N) is 1. The second-order valence-electron chi connectivity index (χ2n) is 7.64. The second-order valence-corrected chi connectivity index (χ2v) is 9.54. The van der Waals surface area contributed by atoms with E-state index < -0.39 is 21.8 Å². The smallest absolute Gasteiger partial charge is 0.355 e. The van der Waals surface area contributed by atoms with Gasteiger partial charge in [0, 0.05) is 18.8 Å². The Kier molecular flexibility index (Phi) is 7.16. The second kappa shape index (κ2) is 9.67. The molecule has 6 nitrogen and oxygen atoms in total. The van der Waals surface area contributed by atoms with Gasteiger partial charge < -0.3 is 9.72 Å². The summed E-state index contributed by atoms with van der Waals surface area (Å²) in [6.45, 7) is 7.42. The van der Waals surface area contributed by atoms with Crippen molar-refractivity contribution in [3.63, 3.8) is 0 Å². The van der Waals surface area contributed by atoms with E-state index in [1.165, 1.54) is 22.5 Å². The van der Waals surface area contributed by atoms with E-state index in [4.69, 9.17) is 4.74 Å². The lowest BCUT2D eigenvalue weighted by molar-refractivity contribution is 0.0519. The van der Waals surface area contributed by atoms with Crippen molar-refractivity contribution in [1.29, 1.82) is 0 Å². The first-order valence-corrected chi connectivity index (χ1v) is 11.7. The molecule has 32 heavy (non-hydrogen) atoms. The average Bonchev–Trinajstić information content (AvgIpc) is 3.03. The van der Waals surface area contributed by atoms with Crippen LogP contribution in [0.3, 0.4) is 0 Å². The van der Waals surface area contributed by atoms with Gasteiger partial charge in [-0.25, -0.2) is 17.6 Å². The summed E-state index contributed by atoms with van der Waals surface area (Å²) in [5.74, 6) is -1.31. The molecule has 3 rings (SSSR count). The Morgan fingerprint density at radius 3 is 2.31 bits per heavy atom. The third-order valence-corrected chi connectivity index (χ3v) is 7.17. The fourth-order valence-corrected chi connectivity index (χ4v) is 4.99. The van der Waals surface area contributed by atoms with Crippen LogP contribution < -0.4 is 0 Å². The molecule has 1 aromatic heterocycles. The standard InChI is InChI=1S/C24H27FN2O4S/c1-5-31-24(28)23-17(3)20(18(4)26-23)15-27(14-19-12-10-16(2)11-13-19)32(29,30)22-9-7-6-8-21(22)25/h6-13,26H,5,14-15H2,1-4H3. The van der Waals surface area contributed by atoms with Gasteiger partial charge in [0.25, 0.3) is 0 Å². The molecule has 2 aromatic carbocycles. The number of H-pyrrole nitrogens is 1. The Morgan fingerprint density at radius 1 is 1.03 bits per heavy atom. The van der Waals surface area contributed by atoms with Gasteiger partial charge in [0.2, 0.25) is 10.0 Å². The van der Waals surface area contributed by atoms with Gasteiger partial charge >= 0.3 is 5.97 Å². The molecular formula is C24H27FN2O4S. The number of esters is 1. The summed E-state index contributed by atoms with van der Waals surface area (Å²) in [6, 6.07) is 12.8. The number of aromatic nitrogens is 1. The van der Waals surface area contributed by atoms with Crippen molar-refractivity contribution in [3.8, 4) is 0 Å². The van der Waals surface area contributed by atoms with Gasteiger partial charge in [-0.1, -0.05) is 42.0 Å². The van der Waals surface area contributed by atoms with E-state index in [1.807, 2.05) is 31.2 Å². The van der Waals surface area contributed by atoms with Crippen LogP contribution in [0.2, 0.25) is 0 Å². The number of aryl methyl sites for hydroxylation is 2. The minimum atomic E-state index is -4.16. The minimum Gasteiger partial charge on any atom is -0.461 e. The molecule has 0 aliphatic carbocycles. The third-order valence-electron chi connectivity index (χ3n) is 5.34. The molecule has 0 atom stereocenters. The molecule has 1 heterocycles. The summed E-state index contributed by atoms with van der Waals surface area (Å²) < 4.78 is 47.7. The third kappa shape index (κ3) is 4.92. The van der Waals surface area contributed by atoms with Crippen molar-refractivity contribution in [2.45, 2.75) is 45.7 Å². The number of ether oxygens (including phenoxy) is 1. The van der Waals surface area contributed by atoms with Crippen LogP contribution in [-0.4, -0.2) is 30.3 Å². The molecule has 1 N–H and O–H groups in total. The van der Waals surface area contributed by atoms with Crippen LogP contribution in [0.15, 0.2) is 53.4 Å². The number of carbonyl (C=O) groups is 1. The number of hydrogen-bond donors (Lipinski definition) is 1. The zero-order chi connectivity index (χ0) is 23.5. The van der Waals surface area contributed by atoms with Gasteiger partial charge in [-0.05, 0) is 56.5 Å². The molecule has 0 amide bonds. The summed E-state index contributed by atoms with van der Waals surface area (Å²) in [4.78, 5) is 14.9. The Morgan fingerprint density at radius 2 is 1.69 bits per heavy atom. The summed E-state index contributed by atoms with van der Waals surface area (Å²) in [7, 11) is -4.16. The molecule has 0 spiro atoms. The van der Waals surface area contributed by atoms with Crippen LogP contribution in [0.4, 0.5) is 4.39 Å². The van der Waals surface area contributed by atoms with Crippen molar-refractivity contribution < 1.29 is 22.3 Å². The minimum absolute atomic E-state index is 0.0296. The fraction of sp³-hybridized carbons (Fsp3) is 0.292. The molecule has 0 bridgehead atoms. The molecule has 0 aliphatic heterocycles. The highest BCUT2D eigenvalue weighted by Crippen LogP contribution is 2.27. The molecule has 0 radical (unpaired) electrons. The van der Waals surface area contributed by atoms with Crippen molar-refractivity contribution in [3.05, 3.63) is 88.0 Å². The highest BCUT2D eigenvalue weighted by Gasteiger charge is 2.30. The van der Waals surface area contributed by atoms with Crippen molar-refractivity contribution >= 4 is 16.0 Å². The highest BCUT2D eigenvalue weighted by atomic mass is 32.2. The van der Waals surface area contributed by atoms with E-state index in [0.717, 1.165) is 17.2 Å². The number of hydrogen-bond acceptors (Lipinski definition) is 4. The molecule has 0 saturated heterocycles. The zero-order valence-electron chi connectivity index (χ0n) is 18.6. The topological polar surface area (TPSA) is 79.5 Å². The Balaban J connectivity index is 2.05. The molecular weight excluding hydrogens is 431 g/mol. The lowest BCUT2D eigenvalue weighted by Crippen LogP contribution is -2.31. The van der Waals surface area contributed by atoms with Crippen molar-refractivity contribution in [2.24, 2.45) is 0 Å². The molecule has 0 saturated carbocycles. The number of sulfonamides is 1. The number of carbonyl (C=O) groups excluding carboxylic acids is 1. The quantitative estimate of drug-likeness (QED) is 0.499. The number of aromatic amines is 1. The number of halogens is 1. The van der Waals surface area contributed by atoms with Crippen molar-refractivity contribution in [1.82, 2.24) is 9.29 Å². The molecule has 0 aliphatic rings. The van der Waals surface area contributed by atoms with Gasteiger partial charge in [0.05, 0.1) is 6.61 Å². The van der Waals surface area contributed by atoms with E-state index in [9.17, 15) is 17.6 Å². The largest absolute Gasteiger partial charge is 0.461 e. The Bertz CT molecular complexity index is 1220. The van der Waals surface area contributed by atoms with Gasteiger partial charge in [0.1, 0.15) is 16.4 Å². The number of benzene rings is 2. The number of rotatable bonds is 8. The van der Waals surface area contributed by atoms with E-state index in [0.29, 0.717) is 16.8 Å². The monoisotopic (exact) mass is 458 g/mol. The van der Waals surface area contributed by atoms with Crippen molar-refractivity contribution in [2.75, 3.05) is 6.61 Å². The summed E-state index contributed by atoms with van der Waals surface area (Å²) in [6.07, 6.45) is 0. The molecule has 8 heteroatoms. The maximum atomic E-state index is 14.5. The SMILES string of the molecule is CCOC(=O)c1[nH]c(C)c(CN(Cc2ccc(C)cc2)S(=O)(=O)c2ccccc2F)c1C. The van der Waals surface area contributed by atoms with Gasteiger partial charge in [0.15, 0.2) is 0 Å². The van der Waals surface area contributed by atoms with Crippen LogP contribution >= 0.6 is 0 Å².